The first-order valence-corrected chi connectivity index (χ1v) is 9.69. The van der Waals surface area contributed by atoms with Gasteiger partial charge in [0.15, 0.2) is 0 Å². The Kier molecular flexibility index (Phi) is 5.14. The fourth-order valence-electron chi connectivity index (χ4n) is 3.97. The predicted octanol–water partition coefficient (Wildman–Crippen LogP) is 3.40. The molecule has 26 heavy (non-hydrogen) atoms. The molecule has 4 heteroatoms. The lowest BCUT2D eigenvalue weighted by molar-refractivity contribution is 0.238. The summed E-state index contributed by atoms with van der Waals surface area (Å²) in [5, 5.41) is 0. The maximum absolute atomic E-state index is 6.09. The van der Waals surface area contributed by atoms with Crippen LogP contribution in [0.25, 0.3) is 11.1 Å². The van der Waals surface area contributed by atoms with Crippen LogP contribution in [0.2, 0.25) is 0 Å². The predicted molar refractivity (Wildman–Crippen MR) is 105 cm³/mol. The van der Waals surface area contributed by atoms with Crippen LogP contribution in [-0.4, -0.2) is 43.8 Å². The summed E-state index contributed by atoms with van der Waals surface area (Å²) >= 11 is 0. The standard InChI is InChI=1S/C22H28N2O2/c1-16-12-18-14-20(15-23)26-22(18)21(13-16)17-4-6-19(7-5-17)25-11-10-24-8-2-3-9-24/h4-7,12-13,20H,2-3,8-11,14-15,23H2,1H3. The smallest absolute Gasteiger partial charge is 0.130 e. The Morgan fingerprint density at radius 2 is 1.92 bits per heavy atom. The lowest BCUT2D eigenvalue weighted by atomic mass is 9.98. The van der Waals surface area contributed by atoms with Gasteiger partial charge in [0.05, 0.1) is 0 Å². The number of ether oxygens (including phenoxy) is 2. The van der Waals surface area contributed by atoms with Gasteiger partial charge in [-0.25, -0.2) is 0 Å². The van der Waals surface area contributed by atoms with Crippen LogP contribution in [0.15, 0.2) is 36.4 Å². The zero-order valence-corrected chi connectivity index (χ0v) is 15.5. The Morgan fingerprint density at radius 3 is 2.65 bits per heavy atom. The van der Waals surface area contributed by atoms with Crippen LogP contribution >= 0.6 is 0 Å². The van der Waals surface area contributed by atoms with E-state index in [1.807, 2.05) is 0 Å². The van der Waals surface area contributed by atoms with E-state index in [0.717, 1.165) is 42.2 Å². The summed E-state index contributed by atoms with van der Waals surface area (Å²) in [5.41, 5.74) is 10.6. The number of hydrogen-bond acceptors (Lipinski definition) is 4. The number of benzene rings is 2. The summed E-state index contributed by atoms with van der Waals surface area (Å²) in [4.78, 5) is 2.47. The molecule has 2 aromatic rings. The Morgan fingerprint density at radius 1 is 1.15 bits per heavy atom. The first-order valence-electron chi connectivity index (χ1n) is 9.69. The van der Waals surface area contributed by atoms with E-state index >= 15 is 0 Å². The maximum atomic E-state index is 6.09. The zero-order chi connectivity index (χ0) is 17.9. The summed E-state index contributed by atoms with van der Waals surface area (Å²) in [6.07, 6.45) is 3.64. The van der Waals surface area contributed by atoms with E-state index in [1.54, 1.807) is 0 Å². The van der Waals surface area contributed by atoms with Gasteiger partial charge in [-0.05, 0) is 67.7 Å². The van der Waals surface area contributed by atoms with Crippen LogP contribution < -0.4 is 15.2 Å². The topological polar surface area (TPSA) is 47.7 Å². The number of nitrogens with zero attached hydrogens (tertiary/aromatic N) is 1. The largest absolute Gasteiger partial charge is 0.492 e. The molecule has 2 N–H and O–H groups in total. The van der Waals surface area contributed by atoms with Gasteiger partial charge in [0.1, 0.15) is 24.2 Å². The molecule has 4 rings (SSSR count). The second-order valence-corrected chi connectivity index (χ2v) is 7.40. The highest BCUT2D eigenvalue weighted by Gasteiger charge is 2.25. The first-order chi connectivity index (χ1) is 12.7. The number of aryl methyl sites for hydroxylation is 1. The van der Waals surface area contributed by atoms with Gasteiger partial charge >= 0.3 is 0 Å². The van der Waals surface area contributed by atoms with Crippen LogP contribution in [0.1, 0.15) is 24.0 Å². The van der Waals surface area contributed by atoms with Gasteiger partial charge in [-0.15, -0.1) is 0 Å². The quantitative estimate of drug-likeness (QED) is 0.866. The van der Waals surface area contributed by atoms with Crippen molar-refractivity contribution >= 4 is 0 Å². The summed E-state index contributed by atoms with van der Waals surface area (Å²) in [5.74, 6) is 1.92. The highest BCUT2D eigenvalue weighted by Crippen LogP contribution is 2.40. The van der Waals surface area contributed by atoms with Gasteiger partial charge < -0.3 is 15.2 Å². The molecule has 0 amide bonds. The molecule has 0 bridgehead atoms. The van der Waals surface area contributed by atoms with Crippen molar-refractivity contribution in [3.05, 3.63) is 47.5 Å². The summed E-state index contributed by atoms with van der Waals surface area (Å²) in [6.45, 7) is 6.88. The van der Waals surface area contributed by atoms with Gasteiger partial charge in [0.25, 0.3) is 0 Å². The molecule has 0 spiro atoms. The minimum absolute atomic E-state index is 0.0961. The van der Waals surface area contributed by atoms with E-state index in [1.165, 1.54) is 37.1 Å². The Labute approximate surface area is 155 Å². The average Bonchev–Trinajstić information content (AvgIpc) is 3.31. The van der Waals surface area contributed by atoms with E-state index < -0.39 is 0 Å². The van der Waals surface area contributed by atoms with E-state index in [0.29, 0.717) is 6.54 Å². The number of hydrogen-bond donors (Lipinski definition) is 1. The minimum Gasteiger partial charge on any atom is -0.492 e. The van der Waals surface area contributed by atoms with Gasteiger partial charge in [-0.1, -0.05) is 18.2 Å². The SMILES string of the molecule is Cc1cc2c(c(-c3ccc(OCCN4CCCC4)cc3)c1)OC(CN)C2. The first kappa shape index (κ1) is 17.4. The monoisotopic (exact) mass is 352 g/mol. The molecular weight excluding hydrogens is 324 g/mol. The number of likely N-dealkylation sites (tertiary alicyclic amines) is 1. The van der Waals surface area contributed by atoms with Crippen molar-refractivity contribution in [2.75, 3.05) is 32.8 Å². The van der Waals surface area contributed by atoms with Crippen molar-refractivity contribution in [3.63, 3.8) is 0 Å². The van der Waals surface area contributed by atoms with Gasteiger partial charge in [0, 0.05) is 25.1 Å². The molecular formula is C22H28N2O2. The van der Waals surface area contributed by atoms with Crippen molar-refractivity contribution in [2.45, 2.75) is 32.3 Å². The summed E-state index contributed by atoms with van der Waals surface area (Å²) in [6, 6.07) is 12.8. The fraction of sp³-hybridized carbons (Fsp3) is 0.455. The van der Waals surface area contributed by atoms with Gasteiger partial charge in [-0.2, -0.15) is 0 Å². The molecule has 4 nitrogen and oxygen atoms in total. The van der Waals surface area contributed by atoms with Crippen LogP contribution in [0.4, 0.5) is 0 Å². The van der Waals surface area contributed by atoms with Crippen molar-refractivity contribution in [2.24, 2.45) is 5.73 Å². The number of nitrogens with two attached hydrogens (primary N) is 1. The lowest BCUT2D eigenvalue weighted by Crippen LogP contribution is -2.25. The number of fused-ring (bicyclic) bond motifs is 1. The molecule has 2 aliphatic heterocycles. The zero-order valence-electron chi connectivity index (χ0n) is 15.5. The third-order valence-electron chi connectivity index (χ3n) is 5.35. The molecule has 0 aliphatic carbocycles. The van der Waals surface area contributed by atoms with Crippen LogP contribution in [0.3, 0.4) is 0 Å². The molecule has 2 heterocycles. The molecule has 0 radical (unpaired) electrons. The van der Waals surface area contributed by atoms with Crippen LogP contribution in [0.5, 0.6) is 11.5 Å². The normalized spacial score (nSPS) is 19.4. The highest BCUT2D eigenvalue weighted by atomic mass is 16.5. The maximum Gasteiger partial charge on any atom is 0.130 e. The molecule has 2 aromatic carbocycles. The summed E-state index contributed by atoms with van der Waals surface area (Å²) < 4.78 is 12.0. The van der Waals surface area contributed by atoms with Crippen molar-refractivity contribution in [3.8, 4) is 22.6 Å². The van der Waals surface area contributed by atoms with Crippen molar-refractivity contribution in [1.82, 2.24) is 4.90 Å². The van der Waals surface area contributed by atoms with E-state index in [4.69, 9.17) is 15.2 Å². The fourth-order valence-corrected chi connectivity index (χ4v) is 3.97. The average molecular weight is 352 g/mol. The van der Waals surface area contributed by atoms with Crippen molar-refractivity contribution < 1.29 is 9.47 Å². The molecule has 1 atom stereocenters. The molecule has 1 fully saturated rings. The second kappa shape index (κ2) is 7.68. The Hall–Kier alpha value is -2.04. The van der Waals surface area contributed by atoms with Gasteiger partial charge in [-0.3, -0.25) is 4.90 Å². The third-order valence-corrected chi connectivity index (χ3v) is 5.35. The molecule has 1 saturated heterocycles. The van der Waals surface area contributed by atoms with Crippen molar-refractivity contribution in [1.29, 1.82) is 0 Å². The Balaban J connectivity index is 1.45. The van der Waals surface area contributed by atoms with E-state index in [2.05, 4.69) is 48.2 Å². The lowest BCUT2D eigenvalue weighted by Gasteiger charge is -2.15. The van der Waals surface area contributed by atoms with E-state index in [-0.39, 0.29) is 6.10 Å². The molecule has 2 aliphatic rings. The number of rotatable bonds is 6. The third kappa shape index (κ3) is 3.71. The minimum atomic E-state index is 0.0961. The molecule has 0 aromatic heterocycles. The van der Waals surface area contributed by atoms with Crippen LogP contribution in [0, 0.1) is 6.92 Å². The Bertz CT molecular complexity index is 751. The highest BCUT2D eigenvalue weighted by molar-refractivity contribution is 5.74. The second-order valence-electron chi connectivity index (χ2n) is 7.40. The molecule has 0 saturated carbocycles. The van der Waals surface area contributed by atoms with E-state index in [9.17, 15) is 0 Å². The molecule has 138 valence electrons. The molecule has 1 unspecified atom stereocenters. The summed E-state index contributed by atoms with van der Waals surface area (Å²) in [7, 11) is 0. The van der Waals surface area contributed by atoms with Gasteiger partial charge in [0.2, 0.25) is 0 Å². The van der Waals surface area contributed by atoms with Crippen LogP contribution in [-0.2, 0) is 6.42 Å².